The Labute approximate surface area is 125 Å². The van der Waals surface area contributed by atoms with Crippen LogP contribution in [0.3, 0.4) is 0 Å². The van der Waals surface area contributed by atoms with E-state index in [1.807, 2.05) is 0 Å². The van der Waals surface area contributed by atoms with Crippen LogP contribution in [-0.4, -0.2) is 40.5 Å². The Balaban J connectivity index is 1.94. The van der Waals surface area contributed by atoms with Gasteiger partial charge in [-0.05, 0) is 46.7 Å². The molecule has 1 aromatic heterocycles. The fourth-order valence-corrected chi connectivity index (χ4v) is 2.94. The summed E-state index contributed by atoms with van der Waals surface area (Å²) in [4.78, 5) is 17.6. The normalized spacial score (nSPS) is 17.1. The Kier molecular flexibility index (Phi) is 5.25. The molecule has 2 heterocycles. The summed E-state index contributed by atoms with van der Waals surface area (Å²) in [7, 11) is 0. The lowest BCUT2D eigenvalue weighted by Gasteiger charge is -2.24. The van der Waals surface area contributed by atoms with Gasteiger partial charge in [-0.15, -0.1) is 0 Å². The lowest BCUT2D eigenvalue weighted by Crippen LogP contribution is -2.38. The van der Waals surface area contributed by atoms with Crippen molar-refractivity contribution >= 4 is 5.69 Å². The monoisotopic (exact) mass is 292 g/mol. The molecule has 0 amide bonds. The molecule has 6 nitrogen and oxygen atoms in total. The van der Waals surface area contributed by atoms with Gasteiger partial charge in [0.15, 0.2) is 0 Å². The van der Waals surface area contributed by atoms with Crippen LogP contribution in [0.5, 0.6) is 0 Å². The molecule has 1 aromatic rings. The average Bonchev–Trinajstić information content (AvgIpc) is 2.95. The third-order valence-corrected chi connectivity index (χ3v) is 4.25. The number of nitrogens with one attached hydrogen (secondary N) is 1. The highest BCUT2D eigenvalue weighted by Gasteiger charge is 2.20. The van der Waals surface area contributed by atoms with Gasteiger partial charge in [-0.3, -0.25) is 20.0 Å². The van der Waals surface area contributed by atoms with Crippen LogP contribution in [0.1, 0.15) is 36.6 Å². The number of likely N-dealkylation sites (tertiary alicyclic amines) is 1. The van der Waals surface area contributed by atoms with Crippen LogP contribution in [0.25, 0.3) is 0 Å². The minimum absolute atomic E-state index is 0.189. The topological polar surface area (TPSA) is 71.3 Å². The highest BCUT2D eigenvalue weighted by atomic mass is 16.6. The Morgan fingerprint density at radius 1 is 1.43 bits per heavy atom. The number of hydrogen-bond acceptors (Lipinski definition) is 5. The number of hydrogen-bond donors (Lipinski definition) is 1. The van der Waals surface area contributed by atoms with Crippen LogP contribution in [0, 0.1) is 24.0 Å². The van der Waals surface area contributed by atoms with Gasteiger partial charge in [0.05, 0.1) is 10.6 Å². The molecular formula is C15H24N4O2. The molecule has 6 heteroatoms. The van der Waals surface area contributed by atoms with Crippen molar-refractivity contribution in [1.29, 1.82) is 0 Å². The number of nitro groups is 1. The SMILES string of the molecule is Cc1cnc(CNCC(C)N2CCCC2)c(C)c1[N+](=O)[O-]. The predicted octanol–water partition coefficient (Wildman–Crippen LogP) is 2.18. The van der Waals surface area contributed by atoms with Crippen molar-refractivity contribution in [3.8, 4) is 0 Å². The first-order chi connectivity index (χ1) is 10.0. The van der Waals surface area contributed by atoms with E-state index in [1.165, 1.54) is 25.9 Å². The van der Waals surface area contributed by atoms with Crippen molar-refractivity contribution in [2.24, 2.45) is 0 Å². The molecule has 1 aliphatic heterocycles. The quantitative estimate of drug-likeness (QED) is 0.643. The summed E-state index contributed by atoms with van der Waals surface area (Å²) in [6, 6.07) is 0.494. The van der Waals surface area contributed by atoms with E-state index in [1.54, 1.807) is 20.0 Å². The Hall–Kier alpha value is -1.53. The highest BCUT2D eigenvalue weighted by Crippen LogP contribution is 2.23. The van der Waals surface area contributed by atoms with E-state index in [-0.39, 0.29) is 10.6 Å². The molecule has 0 spiro atoms. The van der Waals surface area contributed by atoms with Crippen molar-refractivity contribution in [3.05, 3.63) is 33.1 Å². The Morgan fingerprint density at radius 3 is 2.71 bits per heavy atom. The molecule has 0 saturated carbocycles. The summed E-state index contributed by atoms with van der Waals surface area (Å²) in [5.74, 6) is 0. The Bertz CT molecular complexity index is 513. The zero-order chi connectivity index (χ0) is 15.4. The van der Waals surface area contributed by atoms with Gasteiger partial charge in [-0.25, -0.2) is 0 Å². The van der Waals surface area contributed by atoms with Gasteiger partial charge < -0.3 is 5.32 Å². The third-order valence-electron chi connectivity index (χ3n) is 4.25. The lowest BCUT2D eigenvalue weighted by atomic mass is 10.1. The van der Waals surface area contributed by atoms with Gasteiger partial charge in [0, 0.05) is 36.5 Å². The van der Waals surface area contributed by atoms with E-state index in [2.05, 4.69) is 22.1 Å². The third kappa shape index (κ3) is 3.77. The van der Waals surface area contributed by atoms with Gasteiger partial charge in [0.1, 0.15) is 0 Å². The molecule has 1 unspecified atom stereocenters. The maximum Gasteiger partial charge on any atom is 0.278 e. The molecule has 1 fully saturated rings. The van der Waals surface area contributed by atoms with Crippen molar-refractivity contribution in [2.75, 3.05) is 19.6 Å². The maximum atomic E-state index is 11.1. The minimum Gasteiger partial charge on any atom is -0.310 e. The molecule has 1 aliphatic rings. The lowest BCUT2D eigenvalue weighted by molar-refractivity contribution is -0.386. The number of pyridine rings is 1. The van der Waals surface area contributed by atoms with Gasteiger partial charge in [-0.2, -0.15) is 0 Å². The maximum absolute atomic E-state index is 11.1. The number of nitrogens with zero attached hydrogens (tertiary/aromatic N) is 3. The smallest absolute Gasteiger partial charge is 0.278 e. The second kappa shape index (κ2) is 6.95. The van der Waals surface area contributed by atoms with Crippen LogP contribution in [0.2, 0.25) is 0 Å². The summed E-state index contributed by atoms with van der Waals surface area (Å²) in [5, 5.41) is 14.5. The fraction of sp³-hybridized carbons (Fsp3) is 0.667. The first-order valence-corrected chi connectivity index (χ1v) is 7.55. The molecule has 0 aliphatic carbocycles. The molecule has 1 N–H and O–H groups in total. The molecular weight excluding hydrogens is 268 g/mol. The summed E-state index contributed by atoms with van der Waals surface area (Å²) in [6.07, 6.45) is 4.16. The van der Waals surface area contributed by atoms with Crippen molar-refractivity contribution < 1.29 is 4.92 Å². The number of aromatic nitrogens is 1. The van der Waals surface area contributed by atoms with E-state index in [0.717, 1.165) is 12.2 Å². The van der Waals surface area contributed by atoms with Crippen molar-refractivity contribution in [1.82, 2.24) is 15.2 Å². The summed E-state index contributed by atoms with van der Waals surface area (Å²) >= 11 is 0. The van der Waals surface area contributed by atoms with E-state index < -0.39 is 0 Å². The molecule has 0 radical (unpaired) electrons. The Morgan fingerprint density at radius 2 is 2.10 bits per heavy atom. The predicted molar refractivity (Wildman–Crippen MR) is 82.3 cm³/mol. The van der Waals surface area contributed by atoms with Crippen molar-refractivity contribution in [3.63, 3.8) is 0 Å². The van der Waals surface area contributed by atoms with Crippen LogP contribution in [-0.2, 0) is 6.54 Å². The standard InChI is InChI=1S/C15H24N4O2/c1-11-8-17-14(13(3)15(11)19(20)21)10-16-9-12(2)18-6-4-5-7-18/h8,12,16H,4-7,9-10H2,1-3H3. The van der Waals surface area contributed by atoms with E-state index in [0.29, 0.717) is 23.7 Å². The molecule has 0 bridgehead atoms. The number of rotatable bonds is 6. The van der Waals surface area contributed by atoms with Crippen LogP contribution >= 0.6 is 0 Å². The molecule has 2 rings (SSSR count). The zero-order valence-corrected chi connectivity index (χ0v) is 13.1. The van der Waals surface area contributed by atoms with E-state index >= 15 is 0 Å². The molecule has 1 atom stereocenters. The van der Waals surface area contributed by atoms with Gasteiger partial charge in [0.2, 0.25) is 0 Å². The van der Waals surface area contributed by atoms with E-state index in [4.69, 9.17) is 0 Å². The minimum atomic E-state index is -0.317. The van der Waals surface area contributed by atoms with Gasteiger partial charge >= 0.3 is 0 Å². The summed E-state index contributed by atoms with van der Waals surface area (Å²) in [5.41, 5.74) is 2.24. The number of aryl methyl sites for hydroxylation is 1. The largest absolute Gasteiger partial charge is 0.310 e. The van der Waals surface area contributed by atoms with Crippen LogP contribution in [0.4, 0.5) is 5.69 Å². The van der Waals surface area contributed by atoms with Crippen LogP contribution < -0.4 is 5.32 Å². The first kappa shape index (κ1) is 15.9. The van der Waals surface area contributed by atoms with E-state index in [9.17, 15) is 10.1 Å². The van der Waals surface area contributed by atoms with Gasteiger partial charge in [0.25, 0.3) is 5.69 Å². The summed E-state index contributed by atoms with van der Waals surface area (Å²) < 4.78 is 0. The molecule has 116 valence electrons. The average molecular weight is 292 g/mol. The zero-order valence-electron chi connectivity index (χ0n) is 13.1. The molecule has 21 heavy (non-hydrogen) atoms. The van der Waals surface area contributed by atoms with Gasteiger partial charge in [-0.1, -0.05) is 0 Å². The van der Waals surface area contributed by atoms with Crippen molar-refractivity contribution in [2.45, 2.75) is 46.2 Å². The fourth-order valence-electron chi connectivity index (χ4n) is 2.94. The summed E-state index contributed by atoms with van der Waals surface area (Å²) in [6.45, 7) is 9.53. The second-order valence-corrected chi connectivity index (χ2v) is 5.84. The van der Waals surface area contributed by atoms with Crippen LogP contribution in [0.15, 0.2) is 6.20 Å². The first-order valence-electron chi connectivity index (χ1n) is 7.55. The highest BCUT2D eigenvalue weighted by molar-refractivity contribution is 5.47. The molecule has 0 aromatic carbocycles. The molecule has 1 saturated heterocycles. The second-order valence-electron chi connectivity index (χ2n) is 5.84.